The van der Waals surface area contributed by atoms with Crippen LogP contribution in [0.5, 0.6) is 0 Å². The number of aromatic nitrogens is 3. The van der Waals surface area contributed by atoms with Crippen LogP contribution in [0.15, 0.2) is 48.8 Å². The summed E-state index contributed by atoms with van der Waals surface area (Å²) < 4.78 is 14.2. The molecule has 1 aliphatic heterocycles. The van der Waals surface area contributed by atoms with Gasteiger partial charge in [0.1, 0.15) is 11.6 Å². The number of halogens is 1. The molecule has 4 aromatic rings. The minimum atomic E-state index is -0.246. The minimum Gasteiger partial charge on any atom is -0.370 e. The Morgan fingerprint density at radius 2 is 1.87 bits per heavy atom. The lowest BCUT2D eigenvalue weighted by molar-refractivity contribution is 0.421. The van der Waals surface area contributed by atoms with Crippen molar-refractivity contribution >= 4 is 16.7 Å². The second-order valence-corrected chi connectivity index (χ2v) is 8.21. The van der Waals surface area contributed by atoms with Crippen LogP contribution >= 0.6 is 0 Å². The third-order valence-electron chi connectivity index (χ3n) is 5.77. The number of hydrogen-bond donors (Lipinski definition) is 2. The first-order valence-electron chi connectivity index (χ1n) is 10.2. The Kier molecular flexibility index (Phi) is 4.51. The van der Waals surface area contributed by atoms with Crippen molar-refractivity contribution < 1.29 is 4.39 Å². The number of anilines is 1. The summed E-state index contributed by atoms with van der Waals surface area (Å²) in [5.41, 5.74) is 13.5. The zero-order valence-electron chi connectivity index (χ0n) is 17.1. The number of H-pyrrole nitrogens is 1. The standard InChI is InChI=1S/C24H24FN5/c1-14-3-4-21-22(7-14)29-24(28-21)20-11-27-10-19(17-5-15(2)6-18(25)8-17)23(20)30-12-16(9-26)13-30/h3-8,10-11,16H,9,12-13,26H2,1-2H3,(H,28,29). The van der Waals surface area contributed by atoms with Crippen LogP contribution in [0, 0.1) is 25.6 Å². The van der Waals surface area contributed by atoms with Gasteiger partial charge in [0.2, 0.25) is 0 Å². The van der Waals surface area contributed by atoms with Crippen LogP contribution in [0.2, 0.25) is 0 Å². The maximum Gasteiger partial charge on any atom is 0.142 e. The van der Waals surface area contributed by atoms with Crippen molar-refractivity contribution in [3.63, 3.8) is 0 Å². The lowest BCUT2D eigenvalue weighted by atomic mass is 9.94. The second-order valence-electron chi connectivity index (χ2n) is 8.21. The van der Waals surface area contributed by atoms with Crippen LogP contribution in [-0.2, 0) is 0 Å². The molecule has 3 heterocycles. The molecule has 0 saturated carbocycles. The molecule has 0 spiro atoms. The first-order chi connectivity index (χ1) is 14.5. The van der Waals surface area contributed by atoms with Gasteiger partial charge in [0.05, 0.1) is 22.3 Å². The largest absolute Gasteiger partial charge is 0.370 e. The molecule has 1 aliphatic rings. The summed E-state index contributed by atoms with van der Waals surface area (Å²) in [7, 11) is 0. The third kappa shape index (κ3) is 3.23. The van der Waals surface area contributed by atoms with Crippen LogP contribution in [0.3, 0.4) is 0 Å². The van der Waals surface area contributed by atoms with E-state index < -0.39 is 0 Å². The Labute approximate surface area is 174 Å². The monoisotopic (exact) mass is 401 g/mol. The lowest BCUT2D eigenvalue weighted by Gasteiger charge is -2.42. The molecule has 0 aliphatic carbocycles. The summed E-state index contributed by atoms with van der Waals surface area (Å²) in [5.74, 6) is 0.986. The van der Waals surface area contributed by atoms with Gasteiger partial charge in [-0.3, -0.25) is 4.98 Å². The zero-order valence-corrected chi connectivity index (χ0v) is 17.1. The van der Waals surface area contributed by atoms with Crippen molar-refractivity contribution in [2.45, 2.75) is 13.8 Å². The van der Waals surface area contributed by atoms with Crippen molar-refractivity contribution in [2.24, 2.45) is 11.7 Å². The van der Waals surface area contributed by atoms with E-state index in [1.807, 2.05) is 31.5 Å². The second kappa shape index (κ2) is 7.22. The molecule has 0 unspecified atom stereocenters. The van der Waals surface area contributed by atoms with Crippen molar-refractivity contribution in [1.29, 1.82) is 0 Å². The molecule has 0 atom stereocenters. The molecule has 2 aromatic heterocycles. The maximum atomic E-state index is 14.2. The van der Waals surface area contributed by atoms with Crippen LogP contribution < -0.4 is 10.6 Å². The Balaban J connectivity index is 1.70. The number of nitrogens with zero attached hydrogens (tertiary/aromatic N) is 3. The summed E-state index contributed by atoms with van der Waals surface area (Å²) in [5, 5.41) is 0. The van der Waals surface area contributed by atoms with Gasteiger partial charge in [-0.25, -0.2) is 9.37 Å². The Morgan fingerprint density at radius 1 is 1.07 bits per heavy atom. The van der Waals surface area contributed by atoms with Crippen LogP contribution in [-0.4, -0.2) is 34.6 Å². The van der Waals surface area contributed by atoms with Crippen LogP contribution in [0.1, 0.15) is 11.1 Å². The minimum absolute atomic E-state index is 0.246. The smallest absolute Gasteiger partial charge is 0.142 e. The van der Waals surface area contributed by atoms with Gasteiger partial charge in [-0.15, -0.1) is 0 Å². The average molecular weight is 401 g/mol. The highest BCUT2D eigenvalue weighted by molar-refractivity contribution is 5.91. The number of aromatic amines is 1. The normalized spacial score (nSPS) is 14.3. The number of fused-ring (bicyclic) bond motifs is 1. The molecule has 5 rings (SSSR count). The van der Waals surface area contributed by atoms with Crippen molar-refractivity contribution in [3.8, 4) is 22.5 Å². The summed E-state index contributed by atoms with van der Waals surface area (Å²) in [6.07, 6.45) is 3.65. The molecule has 3 N–H and O–H groups in total. The predicted molar refractivity (Wildman–Crippen MR) is 119 cm³/mol. The van der Waals surface area contributed by atoms with E-state index in [0.29, 0.717) is 12.5 Å². The molecule has 0 bridgehead atoms. The molecule has 1 saturated heterocycles. The molecular formula is C24H24FN5. The maximum absolute atomic E-state index is 14.2. The van der Waals surface area contributed by atoms with Crippen molar-refractivity contribution in [3.05, 3.63) is 65.7 Å². The Bertz CT molecular complexity index is 1220. The molecular weight excluding hydrogens is 377 g/mol. The molecule has 30 heavy (non-hydrogen) atoms. The first-order valence-corrected chi connectivity index (χ1v) is 10.2. The summed E-state index contributed by atoms with van der Waals surface area (Å²) in [6, 6.07) is 11.3. The highest BCUT2D eigenvalue weighted by Gasteiger charge is 2.30. The lowest BCUT2D eigenvalue weighted by Crippen LogP contribution is -2.50. The number of imidazole rings is 1. The number of nitrogens with two attached hydrogens (primary N) is 1. The zero-order chi connectivity index (χ0) is 20.8. The van der Waals surface area contributed by atoms with E-state index in [4.69, 9.17) is 10.7 Å². The fourth-order valence-corrected chi connectivity index (χ4v) is 4.22. The molecule has 6 heteroatoms. The fraction of sp³-hybridized carbons (Fsp3) is 0.250. The molecule has 0 radical (unpaired) electrons. The van der Waals surface area contributed by atoms with Gasteiger partial charge in [-0.2, -0.15) is 0 Å². The van der Waals surface area contributed by atoms with E-state index >= 15 is 0 Å². The summed E-state index contributed by atoms with van der Waals surface area (Å²) in [6.45, 7) is 6.36. The van der Waals surface area contributed by atoms with Gasteiger partial charge in [0.25, 0.3) is 0 Å². The van der Waals surface area contributed by atoms with E-state index in [1.54, 1.807) is 6.07 Å². The van der Waals surface area contributed by atoms with E-state index in [2.05, 4.69) is 33.9 Å². The van der Waals surface area contributed by atoms with Gasteiger partial charge >= 0.3 is 0 Å². The van der Waals surface area contributed by atoms with E-state index in [0.717, 1.165) is 63.5 Å². The molecule has 2 aromatic carbocycles. The number of benzene rings is 2. The van der Waals surface area contributed by atoms with Crippen molar-refractivity contribution in [1.82, 2.24) is 15.0 Å². The highest BCUT2D eigenvalue weighted by atomic mass is 19.1. The van der Waals surface area contributed by atoms with E-state index in [9.17, 15) is 4.39 Å². The number of nitrogens with one attached hydrogen (secondary N) is 1. The van der Waals surface area contributed by atoms with Gasteiger partial charge < -0.3 is 15.6 Å². The highest BCUT2D eigenvalue weighted by Crippen LogP contribution is 2.41. The molecule has 0 amide bonds. The SMILES string of the molecule is Cc1cc(F)cc(-c2cncc(-c3nc4cc(C)ccc4[nH]3)c2N2CC(CN)C2)c1. The van der Waals surface area contributed by atoms with Crippen LogP contribution in [0.4, 0.5) is 10.1 Å². The summed E-state index contributed by atoms with van der Waals surface area (Å²) in [4.78, 5) is 15.1. The number of pyridine rings is 1. The predicted octanol–water partition coefficient (Wildman–Crippen LogP) is 4.44. The molecule has 152 valence electrons. The van der Waals surface area contributed by atoms with Gasteiger partial charge in [-0.1, -0.05) is 12.1 Å². The Hall–Kier alpha value is -3.25. The van der Waals surface area contributed by atoms with Gasteiger partial charge in [0.15, 0.2) is 0 Å². The average Bonchev–Trinajstić information content (AvgIpc) is 3.09. The number of aryl methyl sites for hydroxylation is 2. The van der Waals surface area contributed by atoms with E-state index in [1.165, 1.54) is 6.07 Å². The number of hydrogen-bond acceptors (Lipinski definition) is 4. The first kappa shape index (κ1) is 18.8. The molecule has 5 nitrogen and oxygen atoms in total. The summed E-state index contributed by atoms with van der Waals surface area (Å²) >= 11 is 0. The molecule has 1 fully saturated rings. The van der Waals surface area contributed by atoms with Crippen LogP contribution in [0.25, 0.3) is 33.5 Å². The third-order valence-corrected chi connectivity index (χ3v) is 5.77. The Morgan fingerprint density at radius 3 is 2.63 bits per heavy atom. The fourth-order valence-electron chi connectivity index (χ4n) is 4.22. The number of rotatable bonds is 4. The topological polar surface area (TPSA) is 70.8 Å². The van der Waals surface area contributed by atoms with Gasteiger partial charge in [0, 0.05) is 37.0 Å². The van der Waals surface area contributed by atoms with Gasteiger partial charge in [-0.05, 0) is 61.3 Å². The van der Waals surface area contributed by atoms with Crippen molar-refractivity contribution in [2.75, 3.05) is 24.5 Å². The van der Waals surface area contributed by atoms with E-state index in [-0.39, 0.29) is 5.82 Å². The quantitative estimate of drug-likeness (QED) is 0.530.